The second-order valence-corrected chi connectivity index (χ2v) is 3.18. The number of rotatable bonds is 1. The molecule has 0 bridgehead atoms. The van der Waals surface area contributed by atoms with Gasteiger partial charge in [0.05, 0.1) is 0 Å². The van der Waals surface area contributed by atoms with Crippen LogP contribution in [-0.4, -0.2) is 4.98 Å². The molecule has 1 aromatic heterocycles. The first-order valence-corrected chi connectivity index (χ1v) is 4.27. The monoisotopic (exact) mass is 158 g/mol. The molecule has 60 valence electrons. The smallest absolute Gasteiger partial charge is 0.143 e. The summed E-state index contributed by atoms with van der Waals surface area (Å²) < 4.78 is 0. The van der Waals surface area contributed by atoms with Crippen molar-refractivity contribution < 1.29 is 0 Å². The van der Waals surface area contributed by atoms with Crippen molar-refractivity contribution in [1.82, 2.24) is 4.98 Å². The van der Waals surface area contributed by atoms with Crippen LogP contribution in [0.2, 0.25) is 0 Å². The Hall–Kier alpha value is -1.36. The molecule has 0 aliphatic heterocycles. The van der Waals surface area contributed by atoms with E-state index in [-0.39, 0.29) is 0 Å². The van der Waals surface area contributed by atoms with E-state index in [4.69, 9.17) is 5.26 Å². The topological polar surface area (TPSA) is 36.7 Å². The van der Waals surface area contributed by atoms with Gasteiger partial charge in [0.2, 0.25) is 0 Å². The van der Waals surface area contributed by atoms with Crippen LogP contribution in [0.25, 0.3) is 0 Å². The summed E-state index contributed by atoms with van der Waals surface area (Å²) in [4.78, 5) is 4.04. The molecule has 12 heavy (non-hydrogen) atoms. The van der Waals surface area contributed by atoms with Crippen molar-refractivity contribution in [3.8, 4) is 6.07 Å². The van der Waals surface area contributed by atoms with E-state index >= 15 is 0 Å². The fourth-order valence-corrected chi connectivity index (χ4v) is 1.56. The Bertz CT molecular complexity index is 321. The molecule has 0 atom stereocenters. The predicted molar refractivity (Wildman–Crippen MR) is 45.5 cm³/mol. The maximum Gasteiger partial charge on any atom is 0.143 e. The Morgan fingerprint density at radius 2 is 2.33 bits per heavy atom. The number of aromatic nitrogens is 1. The van der Waals surface area contributed by atoms with E-state index in [0.29, 0.717) is 11.6 Å². The second kappa shape index (κ2) is 2.94. The second-order valence-electron chi connectivity index (χ2n) is 3.18. The van der Waals surface area contributed by atoms with Crippen LogP contribution in [-0.2, 0) is 0 Å². The number of hydrogen-bond donors (Lipinski definition) is 0. The van der Waals surface area contributed by atoms with Gasteiger partial charge in [0.25, 0.3) is 0 Å². The van der Waals surface area contributed by atoms with Gasteiger partial charge in [0.15, 0.2) is 0 Å². The van der Waals surface area contributed by atoms with Gasteiger partial charge in [-0.2, -0.15) is 5.26 Å². The van der Waals surface area contributed by atoms with Crippen LogP contribution in [0.15, 0.2) is 18.3 Å². The molecule has 2 rings (SSSR count). The van der Waals surface area contributed by atoms with Gasteiger partial charge in [-0.15, -0.1) is 0 Å². The van der Waals surface area contributed by atoms with Crippen molar-refractivity contribution in [1.29, 1.82) is 5.26 Å². The van der Waals surface area contributed by atoms with Crippen LogP contribution in [0.5, 0.6) is 0 Å². The van der Waals surface area contributed by atoms with Gasteiger partial charge in [-0.05, 0) is 30.4 Å². The quantitative estimate of drug-likeness (QED) is 0.628. The van der Waals surface area contributed by atoms with Crippen molar-refractivity contribution in [3.63, 3.8) is 0 Å². The molecule has 0 saturated heterocycles. The Kier molecular flexibility index (Phi) is 1.79. The van der Waals surface area contributed by atoms with Crippen LogP contribution in [0.4, 0.5) is 0 Å². The molecular formula is C10H10N2. The van der Waals surface area contributed by atoms with Gasteiger partial charge in [-0.1, -0.05) is 12.5 Å². The van der Waals surface area contributed by atoms with Gasteiger partial charge in [0, 0.05) is 6.20 Å². The molecular weight excluding hydrogens is 148 g/mol. The first-order valence-electron chi connectivity index (χ1n) is 4.27. The predicted octanol–water partition coefficient (Wildman–Crippen LogP) is 2.22. The van der Waals surface area contributed by atoms with E-state index in [0.717, 1.165) is 5.56 Å². The minimum atomic E-state index is 0.605. The van der Waals surface area contributed by atoms with E-state index < -0.39 is 0 Å². The average molecular weight is 158 g/mol. The Labute approximate surface area is 71.9 Å². The first kappa shape index (κ1) is 7.30. The van der Waals surface area contributed by atoms with E-state index in [1.165, 1.54) is 19.3 Å². The lowest BCUT2D eigenvalue weighted by Crippen LogP contribution is -2.10. The third-order valence-corrected chi connectivity index (χ3v) is 2.49. The normalized spacial score (nSPS) is 16.6. The summed E-state index contributed by atoms with van der Waals surface area (Å²) in [6.45, 7) is 0. The minimum Gasteiger partial charge on any atom is -0.245 e. The fourth-order valence-electron chi connectivity index (χ4n) is 1.56. The zero-order chi connectivity index (χ0) is 8.39. The molecule has 0 aromatic carbocycles. The average Bonchev–Trinajstić information content (AvgIpc) is 2.02. The van der Waals surface area contributed by atoms with Gasteiger partial charge in [-0.3, -0.25) is 0 Å². The van der Waals surface area contributed by atoms with Crippen LogP contribution >= 0.6 is 0 Å². The summed E-state index contributed by atoms with van der Waals surface area (Å²) in [6.07, 6.45) is 5.42. The lowest BCUT2D eigenvalue weighted by Gasteiger charge is -2.25. The van der Waals surface area contributed by atoms with Crippen LogP contribution in [0, 0.1) is 11.3 Å². The molecule has 1 aliphatic carbocycles. The summed E-state index contributed by atoms with van der Waals surface area (Å²) in [5.41, 5.74) is 1.76. The van der Waals surface area contributed by atoms with E-state index in [9.17, 15) is 0 Å². The van der Waals surface area contributed by atoms with Crippen molar-refractivity contribution in [3.05, 3.63) is 29.6 Å². The summed E-state index contributed by atoms with van der Waals surface area (Å²) in [6, 6.07) is 6.07. The SMILES string of the molecule is N#Cc1ncccc1C1CCC1. The molecule has 1 heterocycles. The summed E-state index contributed by atoms with van der Waals surface area (Å²) in [5, 5.41) is 8.77. The zero-order valence-corrected chi connectivity index (χ0v) is 6.83. The molecule has 0 unspecified atom stereocenters. The highest BCUT2D eigenvalue weighted by molar-refractivity contribution is 5.34. The summed E-state index contributed by atoms with van der Waals surface area (Å²) in [5.74, 6) is 0.605. The molecule has 0 spiro atoms. The highest BCUT2D eigenvalue weighted by Crippen LogP contribution is 2.37. The lowest BCUT2D eigenvalue weighted by molar-refractivity contribution is 0.418. The molecule has 1 aromatic rings. The first-order chi connectivity index (χ1) is 5.92. The number of nitrogens with zero attached hydrogens (tertiary/aromatic N) is 2. The van der Waals surface area contributed by atoms with Crippen molar-refractivity contribution >= 4 is 0 Å². The Morgan fingerprint density at radius 1 is 1.50 bits per heavy atom. The highest BCUT2D eigenvalue weighted by Gasteiger charge is 2.22. The van der Waals surface area contributed by atoms with Crippen molar-refractivity contribution in [2.24, 2.45) is 0 Å². The number of nitriles is 1. The number of hydrogen-bond acceptors (Lipinski definition) is 2. The van der Waals surface area contributed by atoms with Crippen LogP contribution in [0.1, 0.15) is 36.4 Å². The molecule has 1 saturated carbocycles. The highest BCUT2D eigenvalue weighted by atomic mass is 14.7. The van der Waals surface area contributed by atoms with Crippen molar-refractivity contribution in [2.45, 2.75) is 25.2 Å². The summed E-state index contributed by atoms with van der Waals surface area (Å²) in [7, 11) is 0. The molecule has 0 amide bonds. The van der Waals surface area contributed by atoms with Crippen LogP contribution in [0.3, 0.4) is 0 Å². The molecule has 1 aliphatic rings. The van der Waals surface area contributed by atoms with E-state index in [1.807, 2.05) is 12.1 Å². The maximum absolute atomic E-state index is 8.77. The molecule has 1 fully saturated rings. The fraction of sp³-hybridized carbons (Fsp3) is 0.400. The van der Waals surface area contributed by atoms with Gasteiger partial charge >= 0.3 is 0 Å². The summed E-state index contributed by atoms with van der Waals surface area (Å²) >= 11 is 0. The van der Waals surface area contributed by atoms with Gasteiger partial charge < -0.3 is 0 Å². The standard InChI is InChI=1S/C10H10N2/c11-7-10-9(5-2-6-12-10)8-3-1-4-8/h2,5-6,8H,1,3-4H2. The van der Waals surface area contributed by atoms with E-state index in [1.54, 1.807) is 6.20 Å². The van der Waals surface area contributed by atoms with E-state index in [2.05, 4.69) is 11.1 Å². The molecule has 0 N–H and O–H groups in total. The maximum atomic E-state index is 8.77. The molecule has 0 radical (unpaired) electrons. The van der Waals surface area contributed by atoms with Crippen LogP contribution < -0.4 is 0 Å². The third kappa shape index (κ3) is 1.08. The zero-order valence-electron chi connectivity index (χ0n) is 6.83. The Morgan fingerprint density at radius 3 is 2.92 bits per heavy atom. The lowest BCUT2D eigenvalue weighted by atomic mass is 9.79. The Balaban J connectivity index is 2.35. The van der Waals surface area contributed by atoms with Gasteiger partial charge in [-0.25, -0.2) is 4.98 Å². The third-order valence-electron chi connectivity index (χ3n) is 2.49. The largest absolute Gasteiger partial charge is 0.245 e. The molecule has 2 heteroatoms. The van der Waals surface area contributed by atoms with Gasteiger partial charge in [0.1, 0.15) is 11.8 Å². The molecule has 2 nitrogen and oxygen atoms in total. The number of pyridine rings is 1. The minimum absolute atomic E-state index is 0.605. The van der Waals surface area contributed by atoms with Crippen molar-refractivity contribution in [2.75, 3.05) is 0 Å².